The van der Waals surface area contributed by atoms with Crippen molar-refractivity contribution in [1.82, 2.24) is 14.5 Å². The zero-order chi connectivity index (χ0) is 37.5. The topological polar surface area (TPSA) is 30.7 Å². The second-order valence-electron chi connectivity index (χ2n) is 14.8. The van der Waals surface area contributed by atoms with Gasteiger partial charge >= 0.3 is 326 Å². The van der Waals surface area contributed by atoms with E-state index in [2.05, 4.69) is 205 Å². The van der Waals surface area contributed by atoms with Crippen molar-refractivity contribution in [2.75, 3.05) is 0 Å². The van der Waals surface area contributed by atoms with Gasteiger partial charge in [-0.1, -0.05) is 12.1 Å². The number of aromatic nitrogens is 3. The molecular weight excluding hydrogens is 771 g/mol. The maximum atomic E-state index is 5.60. The van der Waals surface area contributed by atoms with Crippen molar-refractivity contribution < 1.29 is 0 Å². The van der Waals surface area contributed by atoms with Gasteiger partial charge in [0.25, 0.3) is 0 Å². The Labute approximate surface area is 336 Å². The number of hydrogen-bond acceptors (Lipinski definition) is 3. The maximum absolute atomic E-state index is 5.60. The van der Waals surface area contributed by atoms with E-state index in [4.69, 9.17) is 9.97 Å². The predicted molar refractivity (Wildman–Crippen MR) is 243 cm³/mol. The van der Waals surface area contributed by atoms with E-state index in [1.54, 1.807) is 0 Å². The van der Waals surface area contributed by atoms with Crippen LogP contribution in [0, 0.1) is 0 Å². The van der Waals surface area contributed by atoms with Gasteiger partial charge in [-0.25, -0.2) is 0 Å². The van der Waals surface area contributed by atoms with Crippen LogP contribution in [-0.2, 0) is 0 Å². The fourth-order valence-corrected chi connectivity index (χ4v) is 21.7. The van der Waals surface area contributed by atoms with Crippen LogP contribution in [0.3, 0.4) is 0 Å². The quantitative estimate of drug-likeness (QED) is 0.162. The fourth-order valence-electron chi connectivity index (χ4n) is 9.50. The summed E-state index contributed by atoms with van der Waals surface area (Å²) in [5, 5.41) is 5.15. The summed E-state index contributed by atoms with van der Waals surface area (Å²) in [4.78, 5) is 11.1. The monoisotopic (exact) mass is 805 g/mol. The van der Waals surface area contributed by atoms with Gasteiger partial charge in [0, 0.05) is 0 Å². The molecule has 57 heavy (non-hydrogen) atoms. The number of thiophene rings is 1. The van der Waals surface area contributed by atoms with Gasteiger partial charge in [0.05, 0.1) is 0 Å². The molecule has 8 aromatic carbocycles. The Bertz CT molecular complexity index is 3300. The van der Waals surface area contributed by atoms with E-state index in [-0.39, 0.29) is 0 Å². The molecular formula is C52H33GeN3S. The third kappa shape index (κ3) is 4.72. The van der Waals surface area contributed by atoms with Gasteiger partial charge in [0.2, 0.25) is 0 Å². The number of nitrogens with zero attached hydrogens (tertiary/aromatic N) is 3. The molecule has 1 aliphatic heterocycles. The van der Waals surface area contributed by atoms with Crippen LogP contribution in [0.4, 0.5) is 0 Å². The predicted octanol–water partition coefficient (Wildman–Crippen LogP) is 10.6. The summed E-state index contributed by atoms with van der Waals surface area (Å²) in [5.41, 5.74) is 8.99. The Kier molecular flexibility index (Phi) is 7.28. The molecule has 0 N–H and O–H groups in total. The standard InChI is InChI=1S/C52H33GeN3S/c1-4-16-35(17-5-1)52-54-48(47-49(55-52)43-24-10-13-25-44(43)53(47,36-18-6-2-7-19-36)37-20-8-3-9-21-37)34-28-30-38(31-29-34)56-45-26-14-11-22-39(45)41-32-33-42-40-23-12-15-27-46(40)57-51(42)50(41)56/h1-33H. The molecule has 0 amide bonds. The summed E-state index contributed by atoms with van der Waals surface area (Å²) in [5.74, 6) is 0.747. The average molecular weight is 805 g/mol. The van der Waals surface area contributed by atoms with E-state index >= 15 is 0 Å². The SMILES string of the molecule is c1ccc(-c2nc(-c3ccc(-n4c5ccccc5c5ccc6c7ccccc7sc6c54)cc3)[c]3c(n2)-c2cccc[c]2[Ge]3([c]2ccccc2)[c]2ccccc2)cc1. The second-order valence-corrected chi connectivity index (χ2v) is 23.7. The normalized spacial score (nSPS) is 13.1. The van der Waals surface area contributed by atoms with E-state index in [1.807, 2.05) is 11.3 Å². The molecule has 3 aromatic heterocycles. The Morgan fingerprint density at radius 1 is 0.439 bits per heavy atom. The van der Waals surface area contributed by atoms with Crippen molar-refractivity contribution >= 4 is 84.2 Å². The van der Waals surface area contributed by atoms with E-state index in [1.165, 1.54) is 65.1 Å². The van der Waals surface area contributed by atoms with Gasteiger partial charge in [0.15, 0.2) is 0 Å². The zero-order valence-electron chi connectivity index (χ0n) is 30.8. The first-order chi connectivity index (χ1) is 28.3. The van der Waals surface area contributed by atoms with Crippen molar-refractivity contribution in [2.24, 2.45) is 0 Å². The fraction of sp³-hybridized carbons (Fsp3) is 0. The van der Waals surface area contributed by atoms with Crippen molar-refractivity contribution in [3.8, 4) is 39.6 Å². The number of para-hydroxylation sites is 1. The molecule has 1 aliphatic rings. The molecule has 0 bridgehead atoms. The van der Waals surface area contributed by atoms with Crippen molar-refractivity contribution in [2.45, 2.75) is 0 Å². The van der Waals surface area contributed by atoms with Gasteiger partial charge < -0.3 is 0 Å². The third-order valence-electron chi connectivity index (χ3n) is 11.9. The van der Waals surface area contributed by atoms with E-state index in [0.29, 0.717) is 0 Å². The molecule has 0 aliphatic carbocycles. The van der Waals surface area contributed by atoms with Crippen molar-refractivity contribution in [3.63, 3.8) is 0 Å². The van der Waals surface area contributed by atoms with Crippen LogP contribution >= 0.6 is 11.3 Å². The summed E-state index contributed by atoms with van der Waals surface area (Å²) in [6, 6.07) is 73.2. The molecule has 0 atom stereocenters. The minimum absolute atomic E-state index is 0.747. The summed E-state index contributed by atoms with van der Waals surface area (Å²) in [6.45, 7) is 0. The molecule has 0 fully saturated rings. The molecule has 4 heterocycles. The summed E-state index contributed by atoms with van der Waals surface area (Å²) in [6.07, 6.45) is 0. The number of benzene rings is 8. The van der Waals surface area contributed by atoms with E-state index in [9.17, 15) is 0 Å². The van der Waals surface area contributed by atoms with Crippen LogP contribution in [0.15, 0.2) is 200 Å². The Balaban J connectivity index is 1.15. The van der Waals surface area contributed by atoms with E-state index in [0.717, 1.165) is 34.0 Å². The molecule has 0 saturated heterocycles. The minimum atomic E-state index is -3.68. The molecule has 0 radical (unpaired) electrons. The van der Waals surface area contributed by atoms with Gasteiger partial charge in [-0.3, -0.25) is 0 Å². The third-order valence-corrected chi connectivity index (χ3v) is 23.3. The first kappa shape index (κ1) is 32.6. The van der Waals surface area contributed by atoms with E-state index < -0.39 is 13.3 Å². The van der Waals surface area contributed by atoms with Gasteiger partial charge in [-0.2, -0.15) is 0 Å². The van der Waals surface area contributed by atoms with Gasteiger partial charge in [-0.05, 0) is 0 Å². The van der Waals surface area contributed by atoms with Crippen LogP contribution in [-0.4, -0.2) is 27.8 Å². The number of rotatable bonds is 5. The summed E-state index contributed by atoms with van der Waals surface area (Å²) >= 11 is -1.79. The van der Waals surface area contributed by atoms with Crippen LogP contribution in [0.2, 0.25) is 0 Å². The van der Waals surface area contributed by atoms with Crippen LogP contribution in [0.1, 0.15) is 0 Å². The summed E-state index contributed by atoms with van der Waals surface area (Å²) in [7, 11) is 0. The summed E-state index contributed by atoms with van der Waals surface area (Å²) < 4.78 is 10.5. The Morgan fingerprint density at radius 3 is 1.79 bits per heavy atom. The van der Waals surface area contributed by atoms with Crippen LogP contribution in [0.5, 0.6) is 0 Å². The zero-order valence-corrected chi connectivity index (χ0v) is 33.7. The number of fused-ring (bicyclic) bond motifs is 10. The molecule has 5 heteroatoms. The van der Waals surface area contributed by atoms with Crippen LogP contribution in [0.25, 0.3) is 81.6 Å². The van der Waals surface area contributed by atoms with Gasteiger partial charge in [0.1, 0.15) is 0 Å². The van der Waals surface area contributed by atoms with Crippen molar-refractivity contribution in [1.29, 1.82) is 0 Å². The first-order valence-corrected chi connectivity index (χ1v) is 24.4. The molecule has 0 unspecified atom stereocenters. The molecule has 12 rings (SSSR count). The molecule has 11 aromatic rings. The van der Waals surface area contributed by atoms with Crippen LogP contribution < -0.4 is 17.6 Å². The Morgan fingerprint density at radius 2 is 1.04 bits per heavy atom. The molecule has 266 valence electrons. The number of hydrogen-bond donors (Lipinski definition) is 0. The van der Waals surface area contributed by atoms with Gasteiger partial charge in [-0.15, -0.1) is 0 Å². The Hall–Kier alpha value is -6.60. The average Bonchev–Trinajstić information content (AvgIpc) is 3.94. The molecule has 3 nitrogen and oxygen atoms in total. The molecule has 0 saturated carbocycles. The van der Waals surface area contributed by atoms with Crippen molar-refractivity contribution in [3.05, 3.63) is 200 Å². The first-order valence-electron chi connectivity index (χ1n) is 19.4. The second kappa shape index (κ2) is 12.7. The molecule has 0 spiro atoms.